The van der Waals surface area contributed by atoms with Crippen molar-refractivity contribution in [1.29, 1.82) is 0 Å². The molecule has 0 radical (unpaired) electrons. The molecule has 0 aliphatic heterocycles. The number of ketones is 1. The molecule has 5 rings (SSSR count). The molecule has 0 aromatic heterocycles. The Balaban J connectivity index is 1.21. The number of hydrogen-bond acceptors (Lipinski definition) is 4. The largest absolute Gasteiger partial charge is 0.455 e. The summed E-state index contributed by atoms with van der Waals surface area (Å²) in [6.07, 6.45) is 6.46. The van der Waals surface area contributed by atoms with Crippen molar-refractivity contribution in [3.8, 4) is 0 Å². The van der Waals surface area contributed by atoms with E-state index in [0.29, 0.717) is 17.8 Å². The average Bonchev–Trinajstić information content (AvgIpc) is 2.67. The molecule has 5 nitrogen and oxygen atoms in total. The number of nitrogens with one attached hydrogen (secondary N) is 1. The van der Waals surface area contributed by atoms with E-state index in [1.165, 1.54) is 19.3 Å². The minimum Gasteiger partial charge on any atom is -0.455 e. The van der Waals surface area contributed by atoms with Gasteiger partial charge >= 0.3 is 5.97 Å². The van der Waals surface area contributed by atoms with E-state index in [1.807, 2.05) is 30.3 Å². The van der Waals surface area contributed by atoms with Crippen LogP contribution in [-0.2, 0) is 25.5 Å². The Morgan fingerprint density at radius 1 is 1.03 bits per heavy atom. The predicted molar refractivity (Wildman–Crippen MR) is 109 cm³/mol. The van der Waals surface area contributed by atoms with E-state index >= 15 is 0 Å². The van der Waals surface area contributed by atoms with Gasteiger partial charge in [0.15, 0.2) is 11.9 Å². The third kappa shape index (κ3) is 4.54. The Morgan fingerprint density at radius 2 is 1.62 bits per heavy atom. The lowest BCUT2D eigenvalue weighted by Crippen LogP contribution is -2.52. The number of ether oxygens (including phenoxy) is 1. The third-order valence-corrected chi connectivity index (χ3v) is 7.10. The van der Waals surface area contributed by atoms with Gasteiger partial charge in [0, 0.05) is 12.0 Å². The number of carbonyl (C=O) groups is 3. The van der Waals surface area contributed by atoms with E-state index in [-0.39, 0.29) is 36.5 Å². The molecule has 0 spiro atoms. The first kappa shape index (κ1) is 20.1. The molecule has 0 heterocycles. The summed E-state index contributed by atoms with van der Waals surface area (Å²) in [7, 11) is 0. The molecule has 29 heavy (non-hydrogen) atoms. The molecule has 5 heteroatoms. The molecule has 4 aliphatic rings. The van der Waals surface area contributed by atoms with Crippen molar-refractivity contribution in [2.75, 3.05) is 6.54 Å². The Bertz CT molecular complexity index is 737. The van der Waals surface area contributed by atoms with E-state index in [2.05, 4.69) is 5.32 Å². The fourth-order valence-electron chi connectivity index (χ4n) is 6.30. The average molecular weight is 398 g/mol. The number of benzene rings is 1. The zero-order valence-corrected chi connectivity index (χ0v) is 17.2. The monoisotopic (exact) mass is 397 g/mol. The van der Waals surface area contributed by atoms with Crippen LogP contribution in [0.3, 0.4) is 0 Å². The number of esters is 1. The van der Waals surface area contributed by atoms with Crippen LogP contribution in [0.4, 0.5) is 0 Å². The summed E-state index contributed by atoms with van der Waals surface area (Å²) < 4.78 is 5.46. The summed E-state index contributed by atoms with van der Waals surface area (Å²) in [5, 5.41) is 2.75. The van der Waals surface area contributed by atoms with Crippen molar-refractivity contribution in [1.82, 2.24) is 5.32 Å². The normalized spacial score (nSPS) is 30.6. The number of amides is 1. The molecule has 1 N–H and O–H groups in total. The van der Waals surface area contributed by atoms with E-state index in [9.17, 15) is 14.4 Å². The van der Waals surface area contributed by atoms with Crippen LogP contribution in [0.15, 0.2) is 30.3 Å². The lowest BCUT2D eigenvalue weighted by Gasteiger charge is -2.56. The number of hydrogen-bond donors (Lipinski definition) is 1. The molecule has 4 bridgehead atoms. The molecule has 1 atom stereocenters. The van der Waals surface area contributed by atoms with Crippen molar-refractivity contribution < 1.29 is 19.1 Å². The summed E-state index contributed by atoms with van der Waals surface area (Å²) in [6.45, 7) is 1.94. The van der Waals surface area contributed by atoms with Crippen LogP contribution in [0.1, 0.15) is 57.4 Å². The van der Waals surface area contributed by atoms with Gasteiger partial charge < -0.3 is 10.1 Å². The third-order valence-electron chi connectivity index (χ3n) is 7.10. The smallest absolute Gasteiger partial charge is 0.308 e. The maximum atomic E-state index is 13.2. The molecule has 156 valence electrons. The standard InChI is InChI=1S/C24H31NO4/c1-16(23(28)24-13-18-9-19(14-24)11-20(10-18)15-24)29-22(27)7-8-25-21(26)12-17-5-3-2-4-6-17/h2-6,16,18-20H,7-15H2,1H3,(H,25,26). The highest BCUT2D eigenvalue weighted by Gasteiger charge is 2.55. The molecule has 0 saturated heterocycles. The van der Waals surface area contributed by atoms with Gasteiger partial charge in [0.2, 0.25) is 5.91 Å². The number of Topliss-reactive ketones (excluding diaryl/α,β-unsaturated/α-hetero) is 1. The first-order valence-corrected chi connectivity index (χ1v) is 11.0. The summed E-state index contributed by atoms with van der Waals surface area (Å²) in [6, 6.07) is 9.48. The number of carbonyl (C=O) groups excluding carboxylic acids is 3. The summed E-state index contributed by atoms with van der Waals surface area (Å²) in [5.74, 6) is 1.64. The topological polar surface area (TPSA) is 72.5 Å². The first-order chi connectivity index (χ1) is 13.9. The van der Waals surface area contributed by atoms with E-state index < -0.39 is 12.1 Å². The van der Waals surface area contributed by atoms with Gasteiger partial charge in [-0.15, -0.1) is 0 Å². The van der Waals surface area contributed by atoms with Crippen LogP contribution in [0.5, 0.6) is 0 Å². The van der Waals surface area contributed by atoms with Crippen molar-refractivity contribution in [2.45, 2.75) is 64.4 Å². The zero-order chi connectivity index (χ0) is 20.4. The van der Waals surface area contributed by atoms with Crippen LogP contribution >= 0.6 is 0 Å². The molecule has 4 saturated carbocycles. The van der Waals surface area contributed by atoms with E-state index in [0.717, 1.165) is 24.8 Å². The van der Waals surface area contributed by atoms with Crippen molar-refractivity contribution in [3.63, 3.8) is 0 Å². The highest BCUT2D eigenvalue weighted by atomic mass is 16.5. The molecule has 1 amide bonds. The Labute approximate surface area is 172 Å². The highest BCUT2D eigenvalue weighted by molar-refractivity contribution is 5.90. The summed E-state index contributed by atoms with van der Waals surface area (Å²) in [5.41, 5.74) is 0.681. The van der Waals surface area contributed by atoms with Crippen molar-refractivity contribution in [3.05, 3.63) is 35.9 Å². The highest BCUT2D eigenvalue weighted by Crippen LogP contribution is 2.60. The molecule has 4 aliphatic carbocycles. The summed E-state index contributed by atoms with van der Waals surface area (Å²) in [4.78, 5) is 37.3. The Hall–Kier alpha value is -2.17. The van der Waals surface area contributed by atoms with Gasteiger partial charge in [-0.25, -0.2) is 0 Å². The minimum absolute atomic E-state index is 0.0824. The molecule has 4 fully saturated rings. The fraction of sp³-hybridized carbons (Fsp3) is 0.625. The van der Waals surface area contributed by atoms with Gasteiger partial charge in [-0.3, -0.25) is 14.4 Å². The SMILES string of the molecule is CC(OC(=O)CCNC(=O)Cc1ccccc1)C(=O)C12CC3CC(CC(C3)C1)C2. The maximum absolute atomic E-state index is 13.2. The quantitative estimate of drug-likeness (QED) is 0.682. The fourth-order valence-corrected chi connectivity index (χ4v) is 6.30. The van der Waals surface area contributed by atoms with E-state index in [1.54, 1.807) is 6.92 Å². The Morgan fingerprint density at radius 3 is 2.21 bits per heavy atom. The predicted octanol–water partition coefficient (Wildman–Crippen LogP) is 3.45. The molecular formula is C24H31NO4. The minimum atomic E-state index is -0.696. The van der Waals surface area contributed by atoms with Crippen LogP contribution in [-0.4, -0.2) is 30.3 Å². The second kappa shape index (κ2) is 8.29. The van der Waals surface area contributed by atoms with Gasteiger partial charge in [-0.2, -0.15) is 0 Å². The van der Waals surface area contributed by atoms with Gasteiger partial charge in [-0.05, 0) is 68.8 Å². The lowest BCUT2D eigenvalue weighted by molar-refractivity contribution is -0.164. The van der Waals surface area contributed by atoms with Crippen LogP contribution < -0.4 is 5.32 Å². The van der Waals surface area contributed by atoms with Gasteiger partial charge in [-0.1, -0.05) is 30.3 Å². The lowest BCUT2D eigenvalue weighted by atomic mass is 9.48. The number of rotatable bonds is 8. The van der Waals surface area contributed by atoms with Crippen LogP contribution in [0, 0.1) is 23.2 Å². The molecule has 1 aromatic carbocycles. The van der Waals surface area contributed by atoms with Gasteiger partial charge in [0.1, 0.15) is 0 Å². The maximum Gasteiger partial charge on any atom is 0.308 e. The van der Waals surface area contributed by atoms with Crippen LogP contribution in [0.2, 0.25) is 0 Å². The van der Waals surface area contributed by atoms with Crippen molar-refractivity contribution >= 4 is 17.7 Å². The summed E-state index contributed by atoms with van der Waals surface area (Å²) >= 11 is 0. The molecule has 1 aromatic rings. The van der Waals surface area contributed by atoms with Crippen LogP contribution in [0.25, 0.3) is 0 Å². The van der Waals surface area contributed by atoms with Crippen molar-refractivity contribution in [2.24, 2.45) is 23.2 Å². The Kier molecular flexibility index (Phi) is 5.75. The molecule has 1 unspecified atom stereocenters. The van der Waals surface area contributed by atoms with Gasteiger partial charge in [0.05, 0.1) is 12.8 Å². The van der Waals surface area contributed by atoms with Gasteiger partial charge in [0.25, 0.3) is 0 Å². The second-order valence-electron chi connectivity index (χ2n) is 9.46. The zero-order valence-electron chi connectivity index (χ0n) is 17.2. The van der Waals surface area contributed by atoms with E-state index in [4.69, 9.17) is 4.74 Å². The first-order valence-electron chi connectivity index (χ1n) is 11.0. The molecular weight excluding hydrogens is 366 g/mol. The second-order valence-corrected chi connectivity index (χ2v) is 9.46.